The molecule has 0 unspecified atom stereocenters. The van der Waals surface area contributed by atoms with Gasteiger partial charge in [-0.15, -0.1) is 0 Å². The number of methoxy groups -OCH3 is 2. The first-order valence-corrected chi connectivity index (χ1v) is 15.5. The van der Waals surface area contributed by atoms with Gasteiger partial charge in [0.05, 0.1) is 19.9 Å². The number of ether oxygens (including phenoxy) is 2. The number of thioether (sulfide) groups is 1. The van der Waals surface area contributed by atoms with Gasteiger partial charge >= 0.3 is 0 Å². The zero-order chi connectivity index (χ0) is 30.7. The maximum atomic E-state index is 13.7. The molecule has 0 aromatic heterocycles. The third-order valence-corrected chi connectivity index (χ3v) is 8.32. The van der Waals surface area contributed by atoms with Gasteiger partial charge in [-0.1, -0.05) is 108 Å². The topological polar surface area (TPSA) is 51.1 Å². The standard InChI is InChI=1S/C37H33ClN2O3S/c1-42-32-18-13-27(14-19-32)24-40(25-28-15-20-33(43-2)21-16-28)37(44-26-29-9-5-3-6-10-29)39-35-23-31(38)17-22-34(35)36(41)30-11-7-4-8-12-30/h3-23H,24-26H2,1-2H3. The van der Waals surface area contributed by atoms with Crippen molar-refractivity contribution in [1.82, 2.24) is 4.90 Å². The number of carbonyl (C=O) groups is 1. The van der Waals surface area contributed by atoms with Gasteiger partial charge in [0.15, 0.2) is 11.0 Å². The molecular formula is C37H33ClN2O3S. The van der Waals surface area contributed by atoms with Crippen molar-refractivity contribution < 1.29 is 14.3 Å². The molecule has 5 aromatic rings. The molecule has 7 heteroatoms. The van der Waals surface area contributed by atoms with Gasteiger partial charge in [-0.05, 0) is 59.2 Å². The number of halogens is 1. The highest BCUT2D eigenvalue weighted by atomic mass is 35.5. The third-order valence-electron chi connectivity index (χ3n) is 7.00. The Labute approximate surface area is 268 Å². The normalized spacial score (nSPS) is 11.2. The summed E-state index contributed by atoms with van der Waals surface area (Å²) in [7, 11) is 3.32. The second-order valence-electron chi connectivity index (χ2n) is 10.1. The van der Waals surface area contributed by atoms with E-state index in [9.17, 15) is 4.79 Å². The SMILES string of the molecule is COc1ccc(CN(Cc2ccc(OC)cc2)C(=Nc2cc(Cl)ccc2C(=O)c2ccccc2)SCc2ccccc2)cc1. The molecule has 0 heterocycles. The van der Waals surface area contributed by atoms with E-state index in [-0.39, 0.29) is 5.78 Å². The monoisotopic (exact) mass is 620 g/mol. The van der Waals surface area contributed by atoms with Gasteiger partial charge in [0.1, 0.15) is 11.5 Å². The smallest absolute Gasteiger partial charge is 0.195 e. The highest BCUT2D eigenvalue weighted by molar-refractivity contribution is 8.13. The molecule has 0 amide bonds. The number of carbonyl (C=O) groups excluding carboxylic acids is 1. The van der Waals surface area contributed by atoms with Gasteiger partial charge in [0.2, 0.25) is 0 Å². The first kappa shape index (κ1) is 30.9. The maximum absolute atomic E-state index is 13.7. The molecule has 44 heavy (non-hydrogen) atoms. The fourth-order valence-corrected chi connectivity index (χ4v) is 5.78. The van der Waals surface area contributed by atoms with Crippen LogP contribution in [0.15, 0.2) is 132 Å². The summed E-state index contributed by atoms with van der Waals surface area (Å²) in [6, 6.07) is 40.9. The van der Waals surface area contributed by atoms with Crippen LogP contribution in [0.25, 0.3) is 0 Å². The maximum Gasteiger partial charge on any atom is 0.195 e. The first-order valence-electron chi connectivity index (χ1n) is 14.2. The van der Waals surface area contributed by atoms with Gasteiger partial charge in [0, 0.05) is 35.0 Å². The van der Waals surface area contributed by atoms with E-state index >= 15 is 0 Å². The van der Waals surface area contributed by atoms with Crippen LogP contribution in [-0.4, -0.2) is 30.1 Å². The number of aliphatic imine (C=N–C) groups is 1. The average Bonchev–Trinajstić information content (AvgIpc) is 3.07. The van der Waals surface area contributed by atoms with Crippen molar-refractivity contribution >= 4 is 40.0 Å². The van der Waals surface area contributed by atoms with E-state index in [2.05, 4.69) is 41.3 Å². The number of hydrogen-bond acceptors (Lipinski definition) is 5. The Kier molecular flexibility index (Phi) is 10.7. The molecule has 0 aliphatic rings. The molecular weight excluding hydrogens is 588 g/mol. The molecule has 5 nitrogen and oxygen atoms in total. The third kappa shape index (κ3) is 8.31. The minimum absolute atomic E-state index is 0.106. The summed E-state index contributed by atoms with van der Waals surface area (Å²) in [5.41, 5.74) is 4.98. The van der Waals surface area contributed by atoms with Crippen molar-refractivity contribution in [2.45, 2.75) is 18.8 Å². The van der Waals surface area contributed by atoms with Crippen LogP contribution < -0.4 is 9.47 Å². The van der Waals surface area contributed by atoms with Gasteiger partial charge in [-0.2, -0.15) is 0 Å². The fraction of sp³-hybridized carbons (Fsp3) is 0.135. The molecule has 0 radical (unpaired) electrons. The Morgan fingerprint density at radius 3 is 1.80 bits per heavy atom. The lowest BCUT2D eigenvalue weighted by atomic mass is 10.0. The largest absolute Gasteiger partial charge is 0.497 e. The summed E-state index contributed by atoms with van der Waals surface area (Å²) < 4.78 is 10.8. The summed E-state index contributed by atoms with van der Waals surface area (Å²) in [4.78, 5) is 21.1. The second kappa shape index (κ2) is 15.3. The van der Waals surface area contributed by atoms with E-state index in [0.717, 1.165) is 27.8 Å². The predicted molar refractivity (Wildman–Crippen MR) is 181 cm³/mol. The van der Waals surface area contributed by atoms with Crippen molar-refractivity contribution in [3.8, 4) is 11.5 Å². The predicted octanol–water partition coefficient (Wildman–Crippen LogP) is 9.21. The van der Waals surface area contributed by atoms with Crippen LogP contribution in [0.2, 0.25) is 5.02 Å². The van der Waals surface area contributed by atoms with E-state index in [1.807, 2.05) is 72.8 Å². The van der Waals surface area contributed by atoms with Crippen molar-refractivity contribution in [2.75, 3.05) is 14.2 Å². The molecule has 0 atom stereocenters. The van der Waals surface area contributed by atoms with Crippen LogP contribution in [0.4, 0.5) is 5.69 Å². The molecule has 0 saturated carbocycles. The zero-order valence-corrected chi connectivity index (χ0v) is 26.2. The number of rotatable bonds is 11. The first-order chi connectivity index (χ1) is 21.5. The van der Waals surface area contributed by atoms with Crippen LogP contribution in [0.3, 0.4) is 0 Å². The molecule has 0 spiro atoms. The van der Waals surface area contributed by atoms with E-state index < -0.39 is 0 Å². The lowest BCUT2D eigenvalue weighted by Crippen LogP contribution is -2.28. The summed E-state index contributed by atoms with van der Waals surface area (Å²) in [6.07, 6.45) is 0. The van der Waals surface area contributed by atoms with Crippen LogP contribution in [-0.2, 0) is 18.8 Å². The summed E-state index contributed by atoms with van der Waals surface area (Å²) in [5.74, 6) is 2.19. The van der Waals surface area contributed by atoms with E-state index in [0.29, 0.717) is 40.7 Å². The van der Waals surface area contributed by atoms with Gasteiger partial charge in [-0.25, -0.2) is 4.99 Å². The lowest BCUT2D eigenvalue weighted by molar-refractivity contribution is 0.103. The van der Waals surface area contributed by atoms with Crippen LogP contribution in [0, 0.1) is 0 Å². The number of benzene rings is 5. The van der Waals surface area contributed by atoms with Crippen molar-refractivity contribution in [3.63, 3.8) is 0 Å². The van der Waals surface area contributed by atoms with E-state index in [1.54, 1.807) is 44.2 Å². The Morgan fingerprint density at radius 1 is 0.705 bits per heavy atom. The minimum atomic E-state index is -0.106. The Morgan fingerprint density at radius 2 is 1.25 bits per heavy atom. The quantitative estimate of drug-likeness (QED) is 0.0837. The summed E-state index contributed by atoms with van der Waals surface area (Å²) in [5, 5.41) is 1.28. The molecule has 0 aliphatic carbocycles. The minimum Gasteiger partial charge on any atom is -0.497 e. The summed E-state index contributed by atoms with van der Waals surface area (Å²) in [6.45, 7) is 1.17. The number of hydrogen-bond donors (Lipinski definition) is 0. The molecule has 5 rings (SSSR count). The highest BCUT2D eigenvalue weighted by Crippen LogP contribution is 2.30. The average molecular weight is 621 g/mol. The Bertz CT molecular complexity index is 1640. The van der Waals surface area contributed by atoms with Gasteiger partial charge < -0.3 is 14.4 Å². The molecule has 0 saturated heterocycles. The van der Waals surface area contributed by atoms with Crippen molar-refractivity contribution in [3.05, 3.63) is 160 Å². The van der Waals surface area contributed by atoms with E-state index in [1.165, 1.54) is 5.56 Å². The van der Waals surface area contributed by atoms with Gasteiger partial charge in [0.25, 0.3) is 0 Å². The van der Waals surface area contributed by atoms with Crippen LogP contribution >= 0.6 is 23.4 Å². The highest BCUT2D eigenvalue weighted by Gasteiger charge is 2.19. The van der Waals surface area contributed by atoms with E-state index in [4.69, 9.17) is 26.1 Å². The number of amidine groups is 1. The van der Waals surface area contributed by atoms with Crippen molar-refractivity contribution in [1.29, 1.82) is 0 Å². The zero-order valence-electron chi connectivity index (χ0n) is 24.7. The summed E-state index contributed by atoms with van der Waals surface area (Å²) >= 11 is 8.12. The Hall–Kier alpha value is -4.52. The van der Waals surface area contributed by atoms with Crippen molar-refractivity contribution in [2.24, 2.45) is 4.99 Å². The Balaban J connectivity index is 1.59. The van der Waals surface area contributed by atoms with Gasteiger partial charge in [-0.3, -0.25) is 4.79 Å². The second-order valence-corrected chi connectivity index (χ2v) is 11.5. The van der Waals surface area contributed by atoms with Crippen LogP contribution in [0.1, 0.15) is 32.6 Å². The molecule has 0 aliphatic heterocycles. The van der Waals surface area contributed by atoms with Crippen LogP contribution in [0.5, 0.6) is 11.5 Å². The number of nitrogens with zero attached hydrogens (tertiary/aromatic N) is 2. The number of ketones is 1. The lowest BCUT2D eigenvalue weighted by Gasteiger charge is -2.27. The molecule has 0 N–H and O–H groups in total. The molecule has 0 fully saturated rings. The molecule has 222 valence electrons. The fourth-order valence-electron chi connectivity index (χ4n) is 4.65. The molecule has 0 bridgehead atoms. The molecule has 5 aromatic carbocycles.